The molecule has 0 atom stereocenters. The van der Waals surface area contributed by atoms with Crippen molar-refractivity contribution in [1.29, 1.82) is 0 Å². The van der Waals surface area contributed by atoms with E-state index in [1.165, 1.54) is 0 Å². The third kappa shape index (κ3) is 3.61. The number of benzene rings is 2. The molecule has 0 heterocycles. The van der Waals surface area contributed by atoms with Crippen LogP contribution in [0.25, 0.3) is 6.08 Å². The highest BCUT2D eigenvalue weighted by Gasteiger charge is 2.02. The van der Waals surface area contributed by atoms with E-state index in [0.29, 0.717) is 6.61 Å². The summed E-state index contributed by atoms with van der Waals surface area (Å²) in [7, 11) is 1.66. The molecule has 2 rings (SSSR count). The van der Waals surface area contributed by atoms with Crippen LogP contribution in [0.2, 0.25) is 0 Å². The summed E-state index contributed by atoms with van der Waals surface area (Å²) in [4.78, 5) is 0. The van der Waals surface area contributed by atoms with Gasteiger partial charge >= 0.3 is 0 Å². The fourth-order valence-electron chi connectivity index (χ4n) is 1.69. The Bertz CT molecular complexity index is 561. The van der Waals surface area contributed by atoms with E-state index in [1.54, 1.807) is 13.2 Å². The number of hydrogen-bond donors (Lipinski definition) is 0. The van der Waals surface area contributed by atoms with Gasteiger partial charge in [-0.2, -0.15) is 0 Å². The second kappa shape index (κ2) is 6.43. The van der Waals surface area contributed by atoms with Gasteiger partial charge in [0.25, 0.3) is 0 Å². The smallest absolute Gasteiger partial charge is 0.127 e. The Morgan fingerprint density at radius 1 is 1.16 bits per heavy atom. The van der Waals surface area contributed by atoms with Crippen LogP contribution < -0.4 is 9.47 Å². The summed E-state index contributed by atoms with van der Waals surface area (Å²) in [6.07, 6.45) is 1.79. The molecule has 0 aliphatic heterocycles. The van der Waals surface area contributed by atoms with E-state index in [1.807, 2.05) is 42.5 Å². The molecule has 2 aromatic rings. The number of methoxy groups -OCH3 is 1. The minimum absolute atomic E-state index is 0.520. The third-order valence-corrected chi connectivity index (χ3v) is 3.24. The molecule has 0 N–H and O–H groups in total. The summed E-state index contributed by atoms with van der Waals surface area (Å²) in [5.74, 6) is 1.67. The summed E-state index contributed by atoms with van der Waals surface area (Å²) in [6.45, 7) is 4.31. The molecule has 0 aromatic heterocycles. The fraction of sp³-hybridized carbons (Fsp3) is 0.125. The molecule has 2 nitrogen and oxygen atoms in total. The van der Waals surface area contributed by atoms with Gasteiger partial charge in [0.1, 0.15) is 18.1 Å². The normalized spacial score (nSPS) is 10.0. The number of halogens is 1. The summed E-state index contributed by atoms with van der Waals surface area (Å²) in [5.41, 5.74) is 2.07. The van der Waals surface area contributed by atoms with E-state index in [2.05, 4.69) is 22.5 Å². The van der Waals surface area contributed by atoms with Crippen molar-refractivity contribution >= 4 is 22.0 Å². The SMILES string of the molecule is C=Cc1cc(Br)ccc1OCc1ccc(OC)cc1. The average molecular weight is 319 g/mol. The molecular weight excluding hydrogens is 304 g/mol. The second-order valence-electron chi connectivity index (χ2n) is 4.02. The van der Waals surface area contributed by atoms with Crippen LogP contribution in [0, 0.1) is 0 Å². The lowest BCUT2D eigenvalue weighted by Gasteiger charge is -2.10. The highest BCUT2D eigenvalue weighted by molar-refractivity contribution is 9.10. The van der Waals surface area contributed by atoms with Crippen molar-refractivity contribution in [2.45, 2.75) is 6.61 Å². The summed E-state index contributed by atoms with van der Waals surface area (Å²) < 4.78 is 11.9. The van der Waals surface area contributed by atoms with Gasteiger partial charge in [-0.3, -0.25) is 0 Å². The van der Waals surface area contributed by atoms with E-state index >= 15 is 0 Å². The zero-order valence-electron chi connectivity index (χ0n) is 10.7. The predicted molar refractivity (Wildman–Crippen MR) is 81.6 cm³/mol. The van der Waals surface area contributed by atoms with Crippen molar-refractivity contribution in [3.05, 3.63) is 64.6 Å². The van der Waals surface area contributed by atoms with Crippen molar-refractivity contribution in [3.8, 4) is 11.5 Å². The largest absolute Gasteiger partial charge is 0.497 e. The Kier molecular flexibility index (Phi) is 4.63. The Labute approximate surface area is 121 Å². The molecule has 19 heavy (non-hydrogen) atoms. The number of hydrogen-bond acceptors (Lipinski definition) is 2. The molecule has 3 heteroatoms. The van der Waals surface area contributed by atoms with Crippen LogP contribution >= 0.6 is 15.9 Å². The quantitative estimate of drug-likeness (QED) is 0.797. The molecule has 0 aliphatic carbocycles. The Morgan fingerprint density at radius 3 is 2.53 bits per heavy atom. The molecule has 0 saturated carbocycles. The second-order valence-corrected chi connectivity index (χ2v) is 4.94. The van der Waals surface area contributed by atoms with Gasteiger partial charge in [-0.05, 0) is 35.9 Å². The average Bonchev–Trinajstić information content (AvgIpc) is 2.46. The van der Waals surface area contributed by atoms with Gasteiger partial charge in [-0.1, -0.05) is 40.7 Å². The molecule has 0 amide bonds. The lowest BCUT2D eigenvalue weighted by molar-refractivity contribution is 0.305. The van der Waals surface area contributed by atoms with Gasteiger partial charge in [0.2, 0.25) is 0 Å². The molecule has 0 bridgehead atoms. The molecular formula is C16H15BrO2. The van der Waals surface area contributed by atoms with Gasteiger partial charge in [0.15, 0.2) is 0 Å². The first-order valence-corrected chi connectivity index (χ1v) is 6.70. The Hall–Kier alpha value is -1.74. The molecule has 0 saturated heterocycles. The van der Waals surface area contributed by atoms with E-state index in [-0.39, 0.29) is 0 Å². The predicted octanol–water partition coefficient (Wildman–Crippen LogP) is 4.68. The van der Waals surface area contributed by atoms with Crippen LogP contribution in [0.15, 0.2) is 53.5 Å². The lowest BCUT2D eigenvalue weighted by atomic mass is 10.2. The van der Waals surface area contributed by atoms with Crippen LogP contribution in [-0.4, -0.2) is 7.11 Å². The maximum absolute atomic E-state index is 5.81. The number of rotatable bonds is 5. The highest BCUT2D eigenvalue weighted by Crippen LogP contribution is 2.25. The van der Waals surface area contributed by atoms with E-state index in [4.69, 9.17) is 9.47 Å². The van der Waals surface area contributed by atoms with Gasteiger partial charge in [-0.15, -0.1) is 0 Å². The zero-order valence-corrected chi connectivity index (χ0v) is 12.3. The Morgan fingerprint density at radius 2 is 1.89 bits per heavy atom. The molecule has 0 aliphatic rings. The van der Waals surface area contributed by atoms with Crippen LogP contribution in [0.4, 0.5) is 0 Å². The van der Waals surface area contributed by atoms with Crippen molar-refractivity contribution in [3.63, 3.8) is 0 Å². The van der Waals surface area contributed by atoms with Crippen molar-refractivity contribution in [1.82, 2.24) is 0 Å². The first-order valence-electron chi connectivity index (χ1n) is 5.90. The van der Waals surface area contributed by atoms with Crippen molar-refractivity contribution in [2.75, 3.05) is 7.11 Å². The highest BCUT2D eigenvalue weighted by atomic mass is 79.9. The topological polar surface area (TPSA) is 18.5 Å². The maximum Gasteiger partial charge on any atom is 0.127 e. The van der Waals surface area contributed by atoms with Crippen LogP contribution in [0.5, 0.6) is 11.5 Å². The van der Waals surface area contributed by atoms with E-state index < -0.39 is 0 Å². The van der Waals surface area contributed by atoms with E-state index in [0.717, 1.165) is 27.1 Å². The monoisotopic (exact) mass is 318 g/mol. The number of ether oxygens (including phenoxy) is 2. The lowest BCUT2D eigenvalue weighted by Crippen LogP contribution is -1.97. The first kappa shape index (κ1) is 13.7. The standard InChI is InChI=1S/C16H15BrO2/c1-3-13-10-14(17)6-9-16(13)19-11-12-4-7-15(18-2)8-5-12/h3-10H,1,11H2,2H3. The van der Waals surface area contributed by atoms with Crippen LogP contribution in [-0.2, 0) is 6.61 Å². The van der Waals surface area contributed by atoms with Gasteiger partial charge in [0, 0.05) is 10.0 Å². The zero-order chi connectivity index (χ0) is 13.7. The summed E-state index contributed by atoms with van der Waals surface area (Å²) >= 11 is 3.43. The van der Waals surface area contributed by atoms with Gasteiger partial charge in [0.05, 0.1) is 7.11 Å². The summed E-state index contributed by atoms with van der Waals surface area (Å²) in [5, 5.41) is 0. The van der Waals surface area contributed by atoms with Gasteiger partial charge < -0.3 is 9.47 Å². The minimum atomic E-state index is 0.520. The summed E-state index contributed by atoms with van der Waals surface area (Å²) in [6, 6.07) is 13.7. The molecule has 0 radical (unpaired) electrons. The van der Waals surface area contributed by atoms with E-state index in [9.17, 15) is 0 Å². The molecule has 98 valence electrons. The minimum Gasteiger partial charge on any atom is -0.497 e. The van der Waals surface area contributed by atoms with Crippen LogP contribution in [0.3, 0.4) is 0 Å². The molecule has 0 unspecified atom stereocenters. The maximum atomic E-state index is 5.81. The fourth-order valence-corrected chi connectivity index (χ4v) is 2.07. The molecule has 0 spiro atoms. The Balaban J connectivity index is 2.07. The molecule has 0 fully saturated rings. The van der Waals surface area contributed by atoms with Crippen molar-refractivity contribution < 1.29 is 9.47 Å². The van der Waals surface area contributed by atoms with Crippen molar-refractivity contribution in [2.24, 2.45) is 0 Å². The third-order valence-electron chi connectivity index (χ3n) is 2.75. The van der Waals surface area contributed by atoms with Crippen LogP contribution in [0.1, 0.15) is 11.1 Å². The molecule has 2 aromatic carbocycles. The van der Waals surface area contributed by atoms with Gasteiger partial charge in [-0.25, -0.2) is 0 Å². The first-order chi connectivity index (χ1) is 9.22.